The molecular formula is C14H24N2O3. The van der Waals surface area contributed by atoms with Crippen LogP contribution in [0.25, 0.3) is 0 Å². The van der Waals surface area contributed by atoms with E-state index in [9.17, 15) is 0 Å². The standard InChI is InChI=1S/C14H24N2O3/c1-17-12-9-14(19-3)13(18-2)8-11(12)10-16-7-5-4-6-15/h8-9,16H,4-7,10,15H2,1-3H3. The molecule has 0 bridgehead atoms. The van der Waals surface area contributed by atoms with Crippen molar-refractivity contribution in [2.24, 2.45) is 5.73 Å². The number of nitrogens with two attached hydrogens (primary N) is 1. The van der Waals surface area contributed by atoms with Gasteiger partial charge in [-0.2, -0.15) is 0 Å². The van der Waals surface area contributed by atoms with E-state index in [1.807, 2.05) is 12.1 Å². The van der Waals surface area contributed by atoms with Crippen LogP contribution in [-0.2, 0) is 6.54 Å². The normalized spacial score (nSPS) is 10.3. The van der Waals surface area contributed by atoms with Gasteiger partial charge in [0.1, 0.15) is 5.75 Å². The molecular weight excluding hydrogens is 244 g/mol. The number of rotatable bonds is 9. The number of benzene rings is 1. The predicted molar refractivity (Wildman–Crippen MR) is 76.1 cm³/mol. The van der Waals surface area contributed by atoms with Gasteiger partial charge >= 0.3 is 0 Å². The molecule has 0 amide bonds. The zero-order chi connectivity index (χ0) is 14.1. The SMILES string of the molecule is COc1cc(OC)c(OC)cc1CNCCCCN. The first-order valence-electron chi connectivity index (χ1n) is 6.46. The average Bonchev–Trinajstić information content (AvgIpc) is 2.46. The molecule has 1 aromatic rings. The summed E-state index contributed by atoms with van der Waals surface area (Å²) in [5, 5.41) is 3.37. The summed E-state index contributed by atoms with van der Waals surface area (Å²) in [5.74, 6) is 2.18. The second kappa shape index (κ2) is 8.61. The highest BCUT2D eigenvalue weighted by molar-refractivity contribution is 5.50. The Balaban J connectivity index is 2.70. The van der Waals surface area contributed by atoms with Crippen molar-refractivity contribution in [2.75, 3.05) is 34.4 Å². The van der Waals surface area contributed by atoms with Crippen molar-refractivity contribution in [2.45, 2.75) is 19.4 Å². The van der Waals surface area contributed by atoms with E-state index < -0.39 is 0 Å². The Morgan fingerprint density at radius 2 is 1.58 bits per heavy atom. The third-order valence-corrected chi connectivity index (χ3v) is 2.91. The van der Waals surface area contributed by atoms with Gasteiger partial charge in [0.25, 0.3) is 0 Å². The van der Waals surface area contributed by atoms with E-state index in [-0.39, 0.29) is 0 Å². The fraction of sp³-hybridized carbons (Fsp3) is 0.571. The Morgan fingerprint density at radius 1 is 0.947 bits per heavy atom. The molecule has 1 aromatic carbocycles. The average molecular weight is 268 g/mol. The first-order valence-corrected chi connectivity index (χ1v) is 6.46. The van der Waals surface area contributed by atoms with Crippen molar-refractivity contribution >= 4 is 0 Å². The molecule has 0 spiro atoms. The Hall–Kier alpha value is -1.46. The summed E-state index contributed by atoms with van der Waals surface area (Å²) < 4.78 is 15.9. The highest BCUT2D eigenvalue weighted by atomic mass is 16.5. The lowest BCUT2D eigenvalue weighted by Crippen LogP contribution is -2.16. The quantitative estimate of drug-likeness (QED) is 0.665. The first-order chi connectivity index (χ1) is 9.26. The van der Waals surface area contributed by atoms with E-state index in [4.69, 9.17) is 19.9 Å². The van der Waals surface area contributed by atoms with Gasteiger partial charge in [-0.15, -0.1) is 0 Å². The molecule has 0 unspecified atom stereocenters. The molecule has 5 nitrogen and oxygen atoms in total. The maximum absolute atomic E-state index is 5.46. The summed E-state index contributed by atoms with van der Waals surface area (Å²) in [6, 6.07) is 3.78. The number of nitrogens with one attached hydrogen (secondary N) is 1. The molecule has 3 N–H and O–H groups in total. The van der Waals surface area contributed by atoms with E-state index in [0.29, 0.717) is 11.5 Å². The Labute approximate surface area is 115 Å². The molecule has 0 aromatic heterocycles. The van der Waals surface area contributed by atoms with Crippen LogP contribution in [-0.4, -0.2) is 34.4 Å². The number of methoxy groups -OCH3 is 3. The minimum absolute atomic E-state index is 0.672. The van der Waals surface area contributed by atoms with Gasteiger partial charge in [-0.1, -0.05) is 0 Å². The predicted octanol–water partition coefficient (Wildman–Crippen LogP) is 1.54. The van der Waals surface area contributed by atoms with Crippen LogP contribution in [0.4, 0.5) is 0 Å². The maximum atomic E-state index is 5.46. The van der Waals surface area contributed by atoms with Gasteiger partial charge < -0.3 is 25.3 Å². The molecule has 0 heterocycles. The topological polar surface area (TPSA) is 65.7 Å². The molecule has 19 heavy (non-hydrogen) atoms. The van der Waals surface area contributed by atoms with Gasteiger partial charge in [0.2, 0.25) is 0 Å². The van der Waals surface area contributed by atoms with E-state index in [1.54, 1.807) is 21.3 Å². The van der Waals surface area contributed by atoms with E-state index in [0.717, 1.165) is 43.8 Å². The zero-order valence-corrected chi connectivity index (χ0v) is 12.0. The Kier molecular flexibility index (Phi) is 7.07. The highest BCUT2D eigenvalue weighted by Crippen LogP contribution is 2.34. The summed E-state index contributed by atoms with van der Waals surface area (Å²) in [5.41, 5.74) is 6.51. The molecule has 0 atom stereocenters. The van der Waals surface area contributed by atoms with Crippen LogP contribution in [0.5, 0.6) is 17.2 Å². The van der Waals surface area contributed by atoms with Gasteiger partial charge in [0, 0.05) is 18.2 Å². The first kappa shape index (κ1) is 15.6. The van der Waals surface area contributed by atoms with Crippen molar-refractivity contribution < 1.29 is 14.2 Å². The lowest BCUT2D eigenvalue weighted by Gasteiger charge is -2.14. The fourth-order valence-electron chi connectivity index (χ4n) is 1.85. The molecule has 0 fully saturated rings. The fourth-order valence-corrected chi connectivity index (χ4v) is 1.85. The highest BCUT2D eigenvalue weighted by Gasteiger charge is 2.11. The molecule has 0 aliphatic heterocycles. The monoisotopic (exact) mass is 268 g/mol. The van der Waals surface area contributed by atoms with Crippen LogP contribution in [0.2, 0.25) is 0 Å². The minimum atomic E-state index is 0.672. The van der Waals surface area contributed by atoms with Gasteiger partial charge in [0.15, 0.2) is 11.5 Å². The van der Waals surface area contributed by atoms with Gasteiger partial charge in [0.05, 0.1) is 21.3 Å². The van der Waals surface area contributed by atoms with Crippen LogP contribution in [0.15, 0.2) is 12.1 Å². The summed E-state index contributed by atoms with van der Waals surface area (Å²) in [6.45, 7) is 2.41. The van der Waals surface area contributed by atoms with Gasteiger partial charge in [-0.3, -0.25) is 0 Å². The second-order valence-electron chi connectivity index (χ2n) is 4.19. The van der Waals surface area contributed by atoms with Crippen LogP contribution >= 0.6 is 0 Å². The number of unbranched alkanes of at least 4 members (excludes halogenated alkanes) is 1. The van der Waals surface area contributed by atoms with E-state index in [1.165, 1.54) is 0 Å². The summed E-state index contributed by atoms with van der Waals surface area (Å²) in [6.07, 6.45) is 2.11. The van der Waals surface area contributed by atoms with Crippen molar-refractivity contribution in [3.63, 3.8) is 0 Å². The number of hydrogen-bond acceptors (Lipinski definition) is 5. The minimum Gasteiger partial charge on any atom is -0.496 e. The summed E-state index contributed by atoms with van der Waals surface area (Å²) in [4.78, 5) is 0. The molecule has 5 heteroatoms. The van der Waals surface area contributed by atoms with Crippen LogP contribution in [0.3, 0.4) is 0 Å². The largest absolute Gasteiger partial charge is 0.496 e. The Morgan fingerprint density at radius 3 is 2.16 bits per heavy atom. The maximum Gasteiger partial charge on any atom is 0.164 e. The molecule has 0 aliphatic rings. The summed E-state index contributed by atoms with van der Waals surface area (Å²) in [7, 11) is 4.89. The third-order valence-electron chi connectivity index (χ3n) is 2.91. The molecule has 108 valence electrons. The molecule has 0 aliphatic carbocycles. The Bertz CT molecular complexity index is 383. The third kappa shape index (κ3) is 4.61. The summed E-state index contributed by atoms with van der Waals surface area (Å²) >= 11 is 0. The van der Waals surface area contributed by atoms with Crippen molar-refractivity contribution in [1.82, 2.24) is 5.32 Å². The second-order valence-corrected chi connectivity index (χ2v) is 4.19. The molecule has 0 saturated heterocycles. The number of hydrogen-bond donors (Lipinski definition) is 2. The number of ether oxygens (including phenoxy) is 3. The van der Waals surface area contributed by atoms with Crippen molar-refractivity contribution in [1.29, 1.82) is 0 Å². The molecule has 0 saturated carbocycles. The zero-order valence-electron chi connectivity index (χ0n) is 12.0. The smallest absolute Gasteiger partial charge is 0.164 e. The lowest BCUT2D eigenvalue weighted by molar-refractivity contribution is 0.347. The van der Waals surface area contributed by atoms with Crippen LogP contribution < -0.4 is 25.3 Å². The van der Waals surface area contributed by atoms with Crippen LogP contribution in [0, 0.1) is 0 Å². The van der Waals surface area contributed by atoms with Gasteiger partial charge in [-0.25, -0.2) is 0 Å². The molecule has 0 radical (unpaired) electrons. The van der Waals surface area contributed by atoms with E-state index >= 15 is 0 Å². The van der Waals surface area contributed by atoms with Crippen molar-refractivity contribution in [3.8, 4) is 17.2 Å². The van der Waals surface area contributed by atoms with Gasteiger partial charge in [-0.05, 0) is 32.0 Å². The molecule has 1 rings (SSSR count). The van der Waals surface area contributed by atoms with Crippen molar-refractivity contribution in [3.05, 3.63) is 17.7 Å². The van der Waals surface area contributed by atoms with Crippen LogP contribution in [0.1, 0.15) is 18.4 Å². The van der Waals surface area contributed by atoms with E-state index in [2.05, 4.69) is 5.32 Å². The lowest BCUT2D eigenvalue weighted by atomic mass is 10.1.